The van der Waals surface area contributed by atoms with Crippen molar-refractivity contribution in [2.24, 2.45) is 0 Å². The van der Waals surface area contributed by atoms with Gasteiger partial charge in [0.05, 0.1) is 11.0 Å². The Morgan fingerprint density at radius 3 is 1.25 bits per heavy atom. The maximum Gasteiger partial charge on any atom is 0.164 e. The summed E-state index contributed by atoms with van der Waals surface area (Å²) in [5, 5.41) is 2.50. The summed E-state index contributed by atoms with van der Waals surface area (Å²) >= 11 is 3.60. The van der Waals surface area contributed by atoms with E-state index >= 15 is 0 Å². The molecule has 0 amide bonds. The van der Waals surface area contributed by atoms with Crippen molar-refractivity contribution < 1.29 is 4.32 Å². The van der Waals surface area contributed by atoms with Gasteiger partial charge in [-0.3, -0.25) is 0 Å². The fourth-order valence-electron chi connectivity index (χ4n) is 4.90. The Labute approximate surface area is 237 Å². The van der Waals surface area contributed by atoms with Gasteiger partial charge in [0, 0.05) is 33.2 Å². The Morgan fingerprint density at radius 1 is 0.475 bits per heavy atom. The van der Waals surface area contributed by atoms with E-state index in [1.165, 1.54) is 21.8 Å². The minimum Gasteiger partial charge on any atom is -0.309 e. The average molecular weight is 536 g/mol. The Morgan fingerprint density at radius 2 is 0.825 bits per heavy atom. The van der Waals surface area contributed by atoms with Crippen LogP contribution < -0.4 is 0 Å². The van der Waals surface area contributed by atoms with Crippen LogP contribution in [0.3, 0.4) is 0 Å². The third-order valence-electron chi connectivity index (χ3n) is 6.66. The molecule has 0 atom stereocenters. The molecule has 5 aromatic carbocycles. The average Bonchev–Trinajstić information content (AvgIpc) is 3.37. The normalized spacial score (nSPS) is 10.6. The Hall–Kier alpha value is -4.88. The molecule has 190 valence electrons. The molecule has 0 unspecified atom stereocenters. The van der Waals surface area contributed by atoms with E-state index in [1.54, 1.807) is 0 Å². The molecule has 4 nitrogen and oxygen atoms in total. The van der Waals surface area contributed by atoms with Gasteiger partial charge in [0.2, 0.25) is 0 Å². The molecule has 0 radical (unpaired) electrons. The molecule has 0 aliphatic rings. The summed E-state index contributed by atoms with van der Waals surface area (Å²) in [6, 6.07) is 45.7. The van der Waals surface area contributed by atoms with Crippen LogP contribution in [0.15, 0.2) is 133 Å². The van der Waals surface area contributed by atoms with Crippen molar-refractivity contribution >= 4 is 40.3 Å². The molecular weight excluding hydrogens is 514 g/mol. The fourth-order valence-corrected chi connectivity index (χ4v) is 4.90. The molecular formula is C33H22BFN4S. The summed E-state index contributed by atoms with van der Waals surface area (Å²) in [7, 11) is 0. The molecule has 0 saturated heterocycles. The molecule has 0 saturated carbocycles. The molecule has 2 heterocycles. The molecule has 0 fully saturated rings. The largest absolute Gasteiger partial charge is 0.309 e. The van der Waals surface area contributed by atoms with Gasteiger partial charge in [-0.15, -0.1) is 0 Å². The van der Waals surface area contributed by atoms with Crippen LogP contribution in [0.1, 0.15) is 0 Å². The van der Waals surface area contributed by atoms with Crippen LogP contribution in [0.4, 0.5) is 4.32 Å². The first-order valence-corrected chi connectivity index (χ1v) is 13.2. The maximum absolute atomic E-state index is 9.98. The summed E-state index contributed by atoms with van der Waals surface area (Å²) in [5.41, 5.74) is 6.35. The molecule has 7 rings (SSSR count). The molecule has 7 heteroatoms. The molecule has 0 spiro atoms. The van der Waals surface area contributed by atoms with Gasteiger partial charge < -0.3 is 4.57 Å². The summed E-state index contributed by atoms with van der Waals surface area (Å²) in [6.07, 6.45) is 0.0833. The smallest absolute Gasteiger partial charge is 0.164 e. The minimum absolute atomic E-state index is 0.0833. The Kier molecular flexibility index (Phi) is 7.29. The molecule has 40 heavy (non-hydrogen) atoms. The van der Waals surface area contributed by atoms with Gasteiger partial charge in [-0.25, -0.2) is 15.0 Å². The number of nitrogens with zero attached hydrogens (tertiary/aromatic N) is 4. The number of halogens is 1. The van der Waals surface area contributed by atoms with Crippen LogP contribution in [0.2, 0.25) is 0 Å². The molecule has 7 aromatic rings. The van der Waals surface area contributed by atoms with Crippen molar-refractivity contribution in [3.63, 3.8) is 0 Å². The number of aromatic nitrogens is 4. The van der Waals surface area contributed by atoms with Crippen LogP contribution >= 0.6 is 12.1 Å². The Balaban J connectivity index is 0.000000925. The summed E-state index contributed by atoms with van der Waals surface area (Å²) in [5.74, 6) is 1.98. The predicted molar refractivity (Wildman–Crippen MR) is 165 cm³/mol. The summed E-state index contributed by atoms with van der Waals surface area (Å²) in [6.45, 7) is 0. The van der Waals surface area contributed by atoms with E-state index in [1.807, 2.05) is 60.7 Å². The van der Waals surface area contributed by atoms with E-state index in [2.05, 4.69) is 89.4 Å². The fraction of sp³-hybridized carbons (Fsp3) is 0. The van der Waals surface area contributed by atoms with Crippen molar-refractivity contribution in [2.45, 2.75) is 0 Å². The van der Waals surface area contributed by atoms with Crippen LogP contribution in [-0.2, 0) is 0 Å². The van der Waals surface area contributed by atoms with Crippen molar-refractivity contribution in [3.05, 3.63) is 133 Å². The minimum atomic E-state index is 0.0833. The van der Waals surface area contributed by atoms with Gasteiger partial charge >= 0.3 is 22.8 Å². The zero-order valence-electron chi connectivity index (χ0n) is 21.4. The second kappa shape index (κ2) is 11.5. The van der Waals surface area contributed by atoms with Crippen LogP contribution in [0.5, 0.6) is 0 Å². The van der Waals surface area contributed by atoms with Gasteiger partial charge in [-0.1, -0.05) is 97.1 Å². The van der Waals surface area contributed by atoms with Crippen LogP contribution in [-0.4, -0.2) is 26.0 Å². The van der Waals surface area contributed by atoms with E-state index in [0.29, 0.717) is 17.5 Å². The number of para-hydroxylation sites is 2. The van der Waals surface area contributed by atoms with Crippen LogP contribution in [0.25, 0.3) is 61.7 Å². The van der Waals surface area contributed by atoms with Gasteiger partial charge in [0.15, 0.2) is 17.5 Å². The number of rotatable bonds is 4. The first kappa shape index (κ1) is 25.4. The summed E-state index contributed by atoms with van der Waals surface area (Å²) in [4.78, 5) is 14.5. The van der Waals surface area contributed by atoms with Gasteiger partial charge in [0.25, 0.3) is 0 Å². The second-order valence-electron chi connectivity index (χ2n) is 9.04. The number of hydrogen-bond donors (Lipinski definition) is 0. The van der Waals surface area contributed by atoms with Gasteiger partial charge in [0.1, 0.15) is 0 Å². The van der Waals surface area contributed by atoms with Crippen molar-refractivity contribution in [1.82, 2.24) is 19.5 Å². The van der Waals surface area contributed by atoms with E-state index in [9.17, 15) is 4.32 Å². The first-order chi connectivity index (χ1) is 19.8. The standard InChI is InChI=1S/C33H22N4.BFS/c1-3-11-23(12-4-1)31-34-32(24-13-5-2-6-14-24)36-33(35-31)25-19-21-26(22-20-25)37-29-17-9-7-15-27(29)28-16-8-10-18-30(28)37;2-1-3/h1-22H;. The molecule has 0 bridgehead atoms. The molecule has 0 N–H and O–H groups in total. The van der Waals surface area contributed by atoms with Crippen molar-refractivity contribution in [1.29, 1.82) is 0 Å². The van der Waals surface area contributed by atoms with E-state index < -0.39 is 0 Å². The number of hydrogen-bond acceptors (Lipinski definition) is 4. The molecule has 0 aliphatic heterocycles. The van der Waals surface area contributed by atoms with Crippen molar-refractivity contribution in [2.75, 3.05) is 0 Å². The number of fused-ring (bicyclic) bond motifs is 3. The zero-order valence-corrected chi connectivity index (χ0v) is 22.2. The summed E-state index contributed by atoms with van der Waals surface area (Å²) < 4.78 is 12.3. The van der Waals surface area contributed by atoms with Crippen LogP contribution in [0, 0.1) is 0 Å². The second-order valence-corrected chi connectivity index (χ2v) is 9.22. The topological polar surface area (TPSA) is 43.6 Å². The zero-order chi connectivity index (χ0) is 27.3. The Bertz CT molecular complexity index is 1810. The van der Waals surface area contributed by atoms with Gasteiger partial charge in [-0.2, -0.15) is 0 Å². The van der Waals surface area contributed by atoms with Gasteiger partial charge in [-0.05, 0) is 36.4 Å². The van der Waals surface area contributed by atoms with E-state index in [-0.39, 0.29) is 6.43 Å². The monoisotopic (exact) mass is 536 g/mol. The SMILES string of the molecule is FB=S.c1ccc(-c2nc(-c3ccccc3)nc(-c3ccc(-n4c5ccccc5c5ccccc54)cc3)n2)cc1. The molecule has 0 aliphatic carbocycles. The number of benzene rings is 5. The van der Waals surface area contributed by atoms with Crippen molar-refractivity contribution in [3.8, 4) is 39.9 Å². The first-order valence-electron chi connectivity index (χ1n) is 12.8. The van der Waals surface area contributed by atoms with E-state index in [0.717, 1.165) is 22.4 Å². The molecule has 2 aromatic heterocycles. The quantitative estimate of drug-likeness (QED) is 0.211. The van der Waals surface area contributed by atoms with E-state index in [4.69, 9.17) is 15.0 Å². The third kappa shape index (κ3) is 4.95. The predicted octanol–water partition coefficient (Wildman–Crippen LogP) is 8.66. The maximum atomic E-state index is 9.98. The third-order valence-corrected chi connectivity index (χ3v) is 6.66.